The van der Waals surface area contributed by atoms with E-state index < -0.39 is 0 Å². The van der Waals surface area contributed by atoms with Crippen LogP contribution in [0.25, 0.3) is 0 Å². The molecule has 0 aliphatic heterocycles. The average Bonchev–Trinajstić information content (AvgIpc) is 2.19. The van der Waals surface area contributed by atoms with Crippen molar-refractivity contribution in [3.05, 3.63) is 28.2 Å². The zero-order chi connectivity index (χ0) is 13.1. The zero-order valence-electron chi connectivity index (χ0n) is 10.8. The van der Waals surface area contributed by atoms with Gasteiger partial charge in [0.15, 0.2) is 0 Å². The standard InChI is InChI=1S/C12H19N3O2/c1-5-8-15-10(16)7-6-9(14-15)11(17)13-12(2,3)4/h6-7H,5,8H2,1-4H3,(H,13,17). The summed E-state index contributed by atoms with van der Waals surface area (Å²) in [4.78, 5) is 23.3. The molecule has 1 amide bonds. The van der Waals surface area contributed by atoms with Crippen LogP contribution in [0.2, 0.25) is 0 Å². The monoisotopic (exact) mass is 237 g/mol. The van der Waals surface area contributed by atoms with E-state index in [0.29, 0.717) is 6.54 Å². The van der Waals surface area contributed by atoms with E-state index in [1.165, 1.54) is 16.8 Å². The third kappa shape index (κ3) is 4.01. The molecular formula is C12H19N3O2. The van der Waals surface area contributed by atoms with Gasteiger partial charge in [0, 0.05) is 18.2 Å². The number of nitrogens with zero attached hydrogens (tertiary/aromatic N) is 2. The molecule has 0 aliphatic carbocycles. The minimum Gasteiger partial charge on any atom is -0.346 e. The number of rotatable bonds is 3. The summed E-state index contributed by atoms with van der Waals surface area (Å²) >= 11 is 0. The van der Waals surface area contributed by atoms with Crippen LogP contribution in [0.1, 0.15) is 44.6 Å². The van der Waals surface area contributed by atoms with E-state index in [9.17, 15) is 9.59 Å². The zero-order valence-corrected chi connectivity index (χ0v) is 10.8. The number of aromatic nitrogens is 2. The summed E-state index contributed by atoms with van der Waals surface area (Å²) in [6.45, 7) is 8.17. The summed E-state index contributed by atoms with van der Waals surface area (Å²) in [5.41, 5.74) is -0.225. The molecule has 17 heavy (non-hydrogen) atoms. The molecule has 1 rings (SSSR count). The molecule has 0 saturated carbocycles. The van der Waals surface area contributed by atoms with Crippen molar-refractivity contribution in [2.45, 2.75) is 46.2 Å². The van der Waals surface area contributed by atoms with Crippen molar-refractivity contribution in [1.82, 2.24) is 15.1 Å². The van der Waals surface area contributed by atoms with Gasteiger partial charge in [-0.1, -0.05) is 6.92 Å². The lowest BCUT2D eigenvalue weighted by Crippen LogP contribution is -2.41. The SMILES string of the molecule is CCCn1nc(C(=O)NC(C)(C)C)ccc1=O. The molecule has 1 aromatic rings. The molecule has 0 aromatic carbocycles. The predicted octanol–water partition coefficient (Wildman–Crippen LogP) is 1.18. The van der Waals surface area contributed by atoms with Crippen LogP contribution in [0.15, 0.2) is 16.9 Å². The van der Waals surface area contributed by atoms with Gasteiger partial charge in [0.1, 0.15) is 5.69 Å². The molecule has 0 unspecified atom stereocenters. The van der Waals surface area contributed by atoms with Crippen LogP contribution in [0.4, 0.5) is 0 Å². The number of hydrogen-bond acceptors (Lipinski definition) is 3. The van der Waals surface area contributed by atoms with Gasteiger partial charge in [-0.05, 0) is 33.3 Å². The maximum absolute atomic E-state index is 11.8. The fourth-order valence-corrected chi connectivity index (χ4v) is 1.35. The number of carbonyl (C=O) groups is 1. The van der Waals surface area contributed by atoms with E-state index in [-0.39, 0.29) is 22.7 Å². The Morgan fingerprint density at radius 3 is 2.59 bits per heavy atom. The normalized spacial score (nSPS) is 11.3. The lowest BCUT2D eigenvalue weighted by Gasteiger charge is -2.20. The fraction of sp³-hybridized carbons (Fsp3) is 0.583. The Kier molecular flexibility index (Phi) is 4.04. The third-order valence-electron chi connectivity index (χ3n) is 2.02. The lowest BCUT2D eigenvalue weighted by atomic mass is 10.1. The Labute approximate surface area is 101 Å². The Morgan fingerprint density at radius 2 is 2.06 bits per heavy atom. The summed E-state index contributed by atoms with van der Waals surface area (Å²) in [7, 11) is 0. The largest absolute Gasteiger partial charge is 0.346 e. The lowest BCUT2D eigenvalue weighted by molar-refractivity contribution is 0.0911. The molecule has 0 spiro atoms. The second-order valence-electron chi connectivity index (χ2n) is 4.98. The van der Waals surface area contributed by atoms with Gasteiger partial charge in [0.05, 0.1) is 0 Å². The minimum absolute atomic E-state index is 0.181. The minimum atomic E-state index is -0.315. The van der Waals surface area contributed by atoms with E-state index in [4.69, 9.17) is 0 Å². The van der Waals surface area contributed by atoms with Crippen molar-refractivity contribution >= 4 is 5.91 Å². The maximum Gasteiger partial charge on any atom is 0.272 e. The van der Waals surface area contributed by atoms with Gasteiger partial charge in [0.25, 0.3) is 11.5 Å². The molecule has 0 saturated heterocycles. The van der Waals surface area contributed by atoms with Crippen molar-refractivity contribution < 1.29 is 4.79 Å². The Hall–Kier alpha value is -1.65. The number of hydrogen-bond donors (Lipinski definition) is 1. The van der Waals surface area contributed by atoms with Crippen LogP contribution < -0.4 is 10.9 Å². The van der Waals surface area contributed by atoms with E-state index >= 15 is 0 Å². The Balaban J connectivity index is 2.96. The van der Waals surface area contributed by atoms with Crippen molar-refractivity contribution in [1.29, 1.82) is 0 Å². The highest BCUT2D eigenvalue weighted by Gasteiger charge is 2.16. The predicted molar refractivity (Wildman–Crippen MR) is 66.0 cm³/mol. The topological polar surface area (TPSA) is 64.0 Å². The summed E-state index contributed by atoms with van der Waals surface area (Å²) in [6.07, 6.45) is 0.803. The molecule has 0 bridgehead atoms. The highest BCUT2D eigenvalue weighted by molar-refractivity contribution is 5.92. The highest BCUT2D eigenvalue weighted by Crippen LogP contribution is 2.01. The third-order valence-corrected chi connectivity index (χ3v) is 2.02. The van der Waals surface area contributed by atoms with Crippen LogP contribution in [-0.2, 0) is 6.54 Å². The summed E-state index contributed by atoms with van der Waals surface area (Å²) in [5.74, 6) is -0.262. The molecule has 1 heterocycles. The highest BCUT2D eigenvalue weighted by atomic mass is 16.2. The van der Waals surface area contributed by atoms with Crippen LogP contribution in [0, 0.1) is 0 Å². The van der Waals surface area contributed by atoms with E-state index in [1.807, 2.05) is 27.7 Å². The Morgan fingerprint density at radius 1 is 1.41 bits per heavy atom. The number of aryl methyl sites for hydroxylation is 1. The number of amides is 1. The van der Waals surface area contributed by atoms with Crippen molar-refractivity contribution in [3.63, 3.8) is 0 Å². The first-order chi connectivity index (χ1) is 7.83. The van der Waals surface area contributed by atoms with Crippen molar-refractivity contribution in [2.75, 3.05) is 0 Å². The molecule has 1 N–H and O–H groups in total. The number of nitrogens with one attached hydrogen (secondary N) is 1. The molecule has 0 fully saturated rings. The van der Waals surface area contributed by atoms with Gasteiger partial charge < -0.3 is 5.32 Å². The maximum atomic E-state index is 11.8. The Bertz CT molecular complexity index is 458. The summed E-state index contributed by atoms with van der Waals surface area (Å²) in [5, 5.41) is 6.85. The molecule has 1 aromatic heterocycles. The first kappa shape index (κ1) is 13.4. The molecule has 5 heteroatoms. The van der Waals surface area contributed by atoms with Gasteiger partial charge >= 0.3 is 0 Å². The van der Waals surface area contributed by atoms with Gasteiger partial charge in [-0.25, -0.2) is 4.68 Å². The van der Waals surface area contributed by atoms with E-state index in [0.717, 1.165) is 6.42 Å². The molecule has 0 radical (unpaired) electrons. The first-order valence-electron chi connectivity index (χ1n) is 5.74. The molecular weight excluding hydrogens is 218 g/mol. The fourth-order valence-electron chi connectivity index (χ4n) is 1.35. The van der Waals surface area contributed by atoms with Crippen molar-refractivity contribution in [3.8, 4) is 0 Å². The van der Waals surface area contributed by atoms with Gasteiger partial charge in [-0.3, -0.25) is 9.59 Å². The molecule has 94 valence electrons. The van der Waals surface area contributed by atoms with Crippen LogP contribution in [0.3, 0.4) is 0 Å². The van der Waals surface area contributed by atoms with Crippen LogP contribution in [0.5, 0.6) is 0 Å². The average molecular weight is 237 g/mol. The van der Waals surface area contributed by atoms with Crippen molar-refractivity contribution in [2.24, 2.45) is 0 Å². The summed E-state index contributed by atoms with van der Waals surface area (Å²) in [6, 6.07) is 2.83. The second-order valence-corrected chi connectivity index (χ2v) is 4.98. The van der Waals surface area contributed by atoms with Gasteiger partial charge in [-0.2, -0.15) is 5.10 Å². The quantitative estimate of drug-likeness (QED) is 0.858. The molecule has 0 atom stereocenters. The smallest absolute Gasteiger partial charge is 0.272 e. The molecule has 0 aliphatic rings. The van der Waals surface area contributed by atoms with E-state index in [1.54, 1.807) is 0 Å². The van der Waals surface area contributed by atoms with Gasteiger partial charge in [-0.15, -0.1) is 0 Å². The van der Waals surface area contributed by atoms with E-state index in [2.05, 4.69) is 10.4 Å². The first-order valence-corrected chi connectivity index (χ1v) is 5.74. The number of carbonyl (C=O) groups excluding carboxylic acids is 1. The second kappa shape index (κ2) is 5.12. The van der Waals surface area contributed by atoms with Gasteiger partial charge in [0.2, 0.25) is 0 Å². The van der Waals surface area contributed by atoms with Crippen LogP contribution in [-0.4, -0.2) is 21.2 Å². The molecule has 5 nitrogen and oxygen atoms in total. The van der Waals surface area contributed by atoms with Crippen LogP contribution >= 0.6 is 0 Å². The summed E-state index contributed by atoms with van der Waals surface area (Å²) < 4.78 is 1.32.